The van der Waals surface area contributed by atoms with Crippen LogP contribution in [0.1, 0.15) is 0 Å². The van der Waals surface area contributed by atoms with Gasteiger partial charge in [0.05, 0.1) is 0 Å². The molecule has 1 N–H and O–H groups in total. The SMILES string of the molecule is CN(C)C[Si](C)(C)N[Si](C)(C)CN(C)C. The van der Waals surface area contributed by atoms with Crippen LogP contribution in [0.3, 0.4) is 0 Å². The van der Waals surface area contributed by atoms with Gasteiger partial charge in [0.1, 0.15) is 16.5 Å². The summed E-state index contributed by atoms with van der Waals surface area (Å²) in [5.74, 6) is 0. The molecule has 0 rings (SSSR count). The maximum Gasteiger partial charge on any atom is 0.127 e. The van der Waals surface area contributed by atoms with Crippen molar-refractivity contribution < 1.29 is 0 Å². The molecule has 0 fully saturated rings. The van der Waals surface area contributed by atoms with Crippen molar-refractivity contribution in [3.05, 3.63) is 0 Å². The van der Waals surface area contributed by atoms with Crippen LogP contribution in [-0.4, -0.2) is 66.8 Å². The summed E-state index contributed by atoms with van der Waals surface area (Å²) in [7, 11) is 6.14. The third-order valence-corrected chi connectivity index (χ3v) is 10.4. The molecule has 5 heteroatoms. The number of nitrogens with zero attached hydrogens (tertiary/aromatic N) is 2. The highest BCUT2D eigenvalue weighted by atomic mass is 28.4. The molecule has 0 aromatic heterocycles. The largest absolute Gasteiger partial charge is 0.358 e. The smallest absolute Gasteiger partial charge is 0.127 e. The van der Waals surface area contributed by atoms with E-state index in [0.29, 0.717) is 0 Å². The second-order valence-electron chi connectivity index (χ2n) is 6.37. The fourth-order valence-corrected chi connectivity index (χ4v) is 13.7. The highest BCUT2D eigenvalue weighted by Crippen LogP contribution is 2.07. The highest BCUT2D eigenvalue weighted by molar-refractivity contribution is 6.91. The van der Waals surface area contributed by atoms with Crippen LogP contribution in [0.2, 0.25) is 26.2 Å². The predicted molar refractivity (Wildman–Crippen MR) is 75.2 cm³/mol. The fourth-order valence-electron chi connectivity index (χ4n) is 2.58. The van der Waals surface area contributed by atoms with Crippen LogP contribution in [0.15, 0.2) is 0 Å². The van der Waals surface area contributed by atoms with Gasteiger partial charge in [-0.1, -0.05) is 26.2 Å². The predicted octanol–water partition coefficient (Wildman–Crippen LogP) is 1.19. The van der Waals surface area contributed by atoms with Gasteiger partial charge in [-0.05, 0) is 28.2 Å². The van der Waals surface area contributed by atoms with E-state index >= 15 is 0 Å². The molecule has 0 amide bonds. The molecule has 0 bridgehead atoms. The van der Waals surface area contributed by atoms with Crippen LogP contribution in [0, 0.1) is 0 Å². The Hall–Kier alpha value is 0.314. The van der Waals surface area contributed by atoms with Crippen LogP contribution in [-0.2, 0) is 0 Å². The Balaban J connectivity index is 4.29. The summed E-state index contributed by atoms with van der Waals surface area (Å²) >= 11 is 0. The molecule has 15 heavy (non-hydrogen) atoms. The first-order valence-electron chi connectivity index (χ1n) is 5.63. The average molecular weight is 248 g/mol. The van der Waals surface area contributed by atoms with Gasteiger partial charge in [0, 0.05) is 12.3 Å². The molecule has 0 radical (unpaired) electrons. The van der Waals surface area contributed by atoms with Crippen LogP contribution in [0.25, 0.3) is 0 Å². The second-order valence-corrected chi connectivity index (χ2v) is 15.5. The second kappa shape index (κ2) is 5.59. The standard InChI is InChI=1S/C10H29N3Si2/c1-12(2)9-14(5,6)11-15(7,8)10-13(3)4/h11H,9-10H2,1-8H3. The van der Waals surface area contributed by atoms with E-state index in [1.54, 1.807) is 0 Å². The number of rotatable bonds is 6. The van der Waals surface area contributed by atoms with Crippen LogP contribution < -0.4 is 4.65 Å². The van der Waals surface area contributed by atoms with E-state index in [2.05, 4.69) is 68.8 Å². The van der Waals surface area contributed by atoms with Gasteiger partial charge in [0.2, 0.25) is 0 Å². The maximum absolute atomic E-state index is 3.99. The number of hydrogen-bond donors (Lipinski definition) is 1. The molecular weight excluding hydrogens is 218 g/mol. The Morgan fingerprint density at radius 1 is 0.733 bits per heavy atom. The Bertz CT molecular complexity index is 171. The van der Waals surface area contributed by atoms with Crippen molar-refractivity contribution in [3.63, 3.8) is 0 Å². The van der Waals surface area contributed by atoms with Crippen LogP contribution in [0.4, 0.5) is 0 Å². The summed E-state index contributed by atoms with van der Waals surface area (Å²) < 4.78 is 3.99. The van der Waals surface area contributed by atoms with Crippen molar-refractivity contribution in [3.8, 4) is 0 Å². The van der Waals surface area contributed by atoms with E-state index in [-0.39, 0.29) is 0 Å². The zero-order valence-corrected chi connectivity index (χ0v) is 13.8. The monoisotopic (exact) mass is 247 g/mol. The van der Waals surface area contributed by atoms with Gasteiger partial charge < -0.3 is 14.4 Å². The molecule has 0 aromatic rings. The fraction of sp³-hybridized carbons (Fsp3) is 1.00. The molecule has 3 nitrogen and oxygen atoms in total. The normalized spacial score (nSPS) is 14.0. The minimum absolute atomic E-state index is 1.22. The Kier molecular flexibility index (Phi) is 5.70. The Morgan fingerprint density at radius 2 is 1.00 bits per heavy atom. The first-order valence-corrected chi connectivity index (χ1v) is 12.0. The van der Waals surface area contributed by atoms with Crippen molar-refractivity contribution in [1.82, 2.24) is 14.4 Å². The summed E-state index contributed by atoms with van der Waals surface area (Å²) in [6, 6.07) is 0. The van der Waals surface area contributed by atoms with E-state index < -0.39 is 16.5 Å². The zero-order valence-electron chi connectivity index (χ0n) is 11.8. The Morgan fingerprint density at radius 3 is 1.20 bits per heavy atom. The molecule has 0 aliphatic rings. The lowest BCUT2D eigenvalue weighted by molar-refractivity contribution is 0.463. The van der Waals surface area contributed by atoms with Crippen molar-refractivity contribution in [2.75, 3.05) is 40.5 Å². The summed E-state index contributed by atoms with van der Waals surface area (Å²) in [6.07, 6.45) is 2.44. The summed E-state index contributed by atoms with van der Waals surface area (Å²) in [5.41, 5.74) is 0. The first kappa shape index (κ1) is 15.3. The lowest BCUT2D eigenvalue weighted by Gasteiger charge is -2.37. The maximum atomic E-state index is 3.99. The van der Waals surface area contributed by atoms with Crippen LogP contribution >= 0.6 is 0 Å². The summed E-state index contributed by atoms with van der Waals surface area (Å²) in [5, 5.41) is 0. The topological polar surface area (TPSA) is 18.5 Å². The zero-order chi connectivity index (χ0) is 12.3. The quantitative estimate of drug-likeness (QED) is 0.712. The molecule has 92 valence electrons. The van der Waals surface area contributed by atoms with Crippen molar-refractivity contribution >= 4 is 16.5 Å². The van der Waals surface area contributed by atoms with Gasteiger partial charge in [0.15, 0.2) is 0 Å². The van der Waals surface area contributed by atoms with E-state index in [1.807, 2.05) is 0 Å². The van der Waals surface area contributed by atoms with Gasteiger partial charge in [-0.2, -0.15) is 0 Å². The van der Waals surface area contributed by atoms with E-state index in [4.69, 9.17) is 0 Å². The van der Waals surface area contributed by atoms with Gasteiger partial charge in [-0.15, -0.1) is 0 Å². The lowest BCUT2D eigenvalue weighted by atomic mass is 11.0. The van der Waals surface area contributed by atoms with Crippen molar-refractivity contribution in [1.29, 1.82) is 0 Å². The highest BCUT2D eigenvalue weighted by Gasteiger charge is 2.31. The van der Waals surface area contributed by atoms with Crippen molar-refractivity contribution in [2.45, 2.75) is 26.2 Å². The third kappa shape index (κ3) is 8.16. The minimum Gasteiger partial charge on any atom is -0.358 e. The molecule has 0 saturated carbocycles. The minimum atomic E-state index is -1.26. The molecule has 0 aromatic carbocycles. The summed E-state index contributed by atoms with van der Waals surface area (Å²) in [4.78, 5) is 4.61. The first-order chi connectivity index (χ1) is 6.54. The lowest BCUT2D eigenvalue weighted by Crippen LogP contribution is -2.66. The molecular formula is C10H29N3Si2. The van der Waals surface area contributed by atoms with Gasteiger partial charge in [-0.25, -0.2) is 0 Å². The summed E-state index contributed by atoms with van der Waals surface area (Å²) in [6.45, 7) is 9.71. The van der Waals surface area contributed by atoms with Gasteiger partial charge in [-0.3, -0.25) is 0 Å². The molecule has 0 atom stereocenters. The van der Waals surface area contributed by atoms with E-state index in [0.717, 1.165) is 0 Å². The van der Waals surface area contributed by atoms with Crippen molar-refractivity contribution in [2.24, 2.45) is 0 Å². The van der Waals surface area contributed by atoms with Gasteiger partial charge >= 0.3 is 0 Å². The Labute approximate surface area is 98.0 Å². The number of nitrogens with one attached hydrogen (secondary N) is 1. The molecule has 0 aliphatic heterocycles. The van der Waals surface area contributed by atoms with Gasteiger partial charge in [0.25, 0.3) is 0 Å². The van der Waals surface area contributed by atoms with Crippen LogP contribution in [0.5, 0.6) is 0 Å². The van der Waals surface area contributed by atoms with E-state index in [9.17, 15) is 0 Å². The average Bonchev–Trinajstić information content (AvgIpc) is 1.73. The molecule has 0 spiro atoms. The number of hydrogen-bond acceptors (Lipinski definition) is 3. The third-order valence-electron chi connectivity index (χ3n) is 2.10. The molecule has 0 unspecified atom stereocenters. The molecule has 0 heterocycles. The molecule has 0 aliphatic carbocycles. The van der Waals surface area contributed by atoms with E-state index in [1.165, 1.54) is 12.3 Å². The molecule has 0 saturated heterocycles.